The number of nitrogens with zero attached hydrogens (tertiary/aromatic N) is 2. The molecule has 1 fully saturated rings. The molecule has 6 nitrogen and oxygen atoms in total. The molecule has 0 atom stereocenters. The molecule has 2 rings (SSSR count). The van der Waals surface area contributed by atoms with Crippen LogP contribution in [0.2, 0.25) is 0 Å². The van der Waals surface area contributed by atoms with Gasteiger partial charge in [-0.15, -0.1) is 0 Å². The minimum Gasteiger partial charge on any atom is -0.481 e. The van der Waals surface area contributed by atoms with Gasteiger partial charge in [-0.1, -0.05) is 6.07 Å². The zero-order valence-electron chi connectivity index (χ0n) is 11.7. The Bertz CT molecular complexity index is 638. The molecule has 9 heteroatoms. The highest BCUT2D eigenvalue weighted by Crippen LogP contribution is 2.23. The molecular weight excluding hydrogens is 318 g/mol. The topological polar surface area (TPSA) is 77.9 Å². The summed E-state index contributed by atoms with van der Waals surface area (Å²) < 4.78 is 53.0. The number of sulfonamides is 1. The van der Waals surface area contributed by atoms with Crippen molar-refractivity contribution in [1.82, 2.24) is 9.21 Å². The fourth-order valence-electron chi connectivity index (χ4n) is 2.31. The summed E-state index contributed by atoms with van der Waals surface area (Å²) in [5.41, 5.74) is 0. The molecule has 22 heavy (non-hydrogen) atoms. The molecule has 0 unspecified atom stereocenters. The second kappa shape index (κ2) is 6.67. The zero-order valence-corrected chi connectivity index (χ0v) is 12.5. The van der Waals surface area contributed by atoms with Crippen LogP contribution < -0.4 is 0 Å². The van der Waals surface area contributed by atoms with Gasteiger partial charge in [-0.3, -0.25) is 4.79 Å². The molecule has 1 heterocycles. The number of halogens is 2. The molecule has 1 aliphatic heterocycles. The summed E-state index contributed by atoms with van der Waals surface area (Å²) in [6, 6.07) is 2.91. The number of piperazine rings is 1. The van der Waals surface area contributed by atoms with E-state index in [9.17, 15) is 22.0 Å². The highest BCUT2D eigenvalue weighted by Gasteiger charge is 2.32. The lowest BCUT2D eigenvalue weighted by Crippen LogP contribution is -2.49. The summed E-state index contributed by atoms with van der Waals surface area (Å²) in [7, 11) is -4.24. The van der Waals surface area contributed by atoms with Crippen molar-refractivity contribution in [2.45, 2.75) is 11.3 Å². The van der Waals surface area contributed by atoms with E-state index in [1.165, 1.54) is 0 Å². The van der Waals surface area contributed by atoms with Gasteiger partial charge >= 0.3 is 5.97 Å². The third-order valence-electron chi connectivity index (χ3n) is 3.49. The summed E-state index contributed by atoms with van der Waals surface area (Å²) in [4.78, 5) is 11.4. The van der Waals surface area contributed by atoms with E-state index in [0.29, 0.717) is 19.6 Å². The average molecular weight is 334 g/mol. The minimum atomic E-state index is -4.24. The van der Waals surface area contributed by atoms with Crippen LogP contribution in [0.3, 0.4) is 0 Å². The maximum absolute atomic E-state index is 13.7. The van der Waals surface area contributed by atoms with Crippen molar-refractivity contribution in [1.29, 1.82) is 0 Å². The lowest BCUT2D eigenvalue weighted by molar-refractivity contribution is -0.137. The van der Waals surface area contributed by atoms with Crippen LogP contribution in [0.4, 0.5) is 8.78 Å². The van der Waals surface area contributed by atoms with Crippen molar-refractivity contribution in [2.24, 2.45) is 0 Å². The first-order chi connectivity index (χ1) is 10.3. The molecule has 0 aromatic heterocycles. The van der Waals surface area contributed by atoms with E-state index in [4.69, 9.17) is 5.11 Å². The lowest BCUT2D eigenvalue weighted by Gasteiger charge is -2.33. The first-order valence-electron chi connectivity index (χ1n) is 6.70. The molecular formula is C13H16F2N2O4S. The van der Waals surface area contributed by atoms with Crippen molar-refractivity contribution in [3.05, 3.63) is 29.8 Å². The van der Waals surface area contributed by atoms with Gasteiger partial charge in [0.25, 0.3) is 0 Å². The Kier molecular flexibility index (Phi) is 5.09. The first kappa shape index (κ1) is 16.8. The zero-order chi connectivity index (χ0) is 16.3. The normalized spacial score (nSPS) is 17.5. The largest absolute Gasteiger partial charge is 0.481 e. The predicted octanol–water partition coefficient (Wildman–Crippen LogP) is 0.746. The van der Waals surface area contributed by atoms with Gasteiger partial charge in [-0.2, -0.15) is 4.31 Å². The lowest BCUT2D eigenvalue weighted by atomic mass is 10.3. The number of hydrogen-bond acceptors (Lipinski definition) is 4. The number of hydrogen-bond donors (Lipinski definition) is 1. The van der Waals surface area contributed by atoms with Crippen molar-refractivity contribution in [3.63, 3.8) is 0 Å². The first-order valence-corrected chi connectivity index (χ1v) is 8.14. The van der Waals surface area contributed by atoms with Crippen LogP contribution in [-0.2, 0) is 14.8 Å². The monoisotopic (exact) mass is 334 g/mol. The van der Waals surface area contributed by atoms with Crippen LogP contribution in [0, 0.1) is 11.6 Å². The molecule has 0 spiro atoms. The van der Waals surface area contributed by atoms with E-state index in [0.717, 1.165) is 22.5 Å². The van der Waals surface area contributed by atoms with Crippen molar-refractivity contribution >= 4 is 16.0 Å². The number of rotatable bonds is 5. The van der Waals surface area contributed by atoms with E-state index >= 15 is 0 Å². The van der Waals surface area contributed by atoms with E-state index < -0.39 is 32.5 Å². The van der Waals surface area contributed by atoms with Crippen molar-refractivity contribution in [3.8, 4) is 0 Å². The standard InChI is InChI=1S/C13H16F2N2O4S/c14-10-2-1-3-11(15)13(10)22(20,21)17-8-6-16(7-9-17)5-4-12(18)19/h1-3H,4-9H2,(H,18,19). The van der Waals surface area contributed by atoms with Crippen LogP contribution in [0.5, 0.6) is 0 Å². The van der Waals surface area contributed by atoms with Gasteiger partial charge < -0.3 is 10.0 Å². The van der Waals surface area contributed by atoms with Gasteiger partial charge in [-0.25, -0.2) is 17.2 Å². The minimum absolute atomic E-state index is 0.0330. The van der Waals surface area contributed by atoms with Crippen LogP contribution in [-0.4, -0.2) is 61.4 Å². The fourth-order valence-corrected chi connectivity index (χ4v) is 3.84. The maximum atomic E-state index is 13.7. The second-order valence-corrected chi connectivity index (χ2v) is 6.82. The molecule has 0 amide bonds. The number of carboxylic acids is 1. The average Bonchev–Trinajstić information content (AvgIpc) is 2.45. The van der Waals surface area contributed by atoms with Crippen LogP contribution in [0.25, 0.3) is 0 Å². The van der Waals surface area contributed by atoms with Crippen LogP contribution in [0.15, 0.2) is 23.1 Å². The molecule has 0 saturated carbocycles. The van der Waals surface area contributed by atoms with E-state index in [2.05, 4.69) is 0 Å². The van der Waals surface area contributed by atoms with E-state index in [1.54, 1.807) is 4.90 Å². The fraction of sp³-hybridized carbons (Fsp3) is 0.462. The molecule has 122 valence electrons. The van der Waals surface area contributed by atoms with Crippen LogP contribution in [0.1, 0.15) is 6.42 Å². The Hall–Kier alpha value is -1.58. The van der Waals surface area contributed by atoms with Crippen molar-refractivity contribution < 1.29 is 27.1 Å². The van der Waals surface area contributed by atoms with Gasteiger partial charge in [0.15, 0.2) is 4.90 Å². The van der Waals surface area contributed by atoms with Gasteiger partial charge in [0.2, 0.25) is 10.0 Å². The van der Waals surface area contributed by atoms with Crippen LogP contribution >= 0.6 is 0 Å². The molecule has 1 N–H and O–H groups in total. The van der Waals surface area contributed by atoms with Gasteiger partial charge in [0.1, 0.15) is 11.6 Å². The van der Waals surface area contributed by atoms with Crippen molar-refractivity contribution in [2.75, 3.05) is 32.7 Å². The van der Waals surface area contributed by atoms with Gasteiger partial charge in [0.05, 0.1) is 6.42 Å². The Morgan fingerprint density at radius 2 is 1.68 bits per heavy atom. The highest BCUT2D eigenvalue weighted by molar-refractivity contribution is 7.89. The summed E-state index contributed by atoms with van der Waals surface area (Å²) in [6.07, 6.45) is -0.0330. The van der Waals surface area contributed by atoms with E-state index in [-0.39, 0.29) is 19.5 Å². The number of carboxylic acid groups (broad SMARTS) is 1. The summed E-state index contributed by atoms with van der Waals surface area (Å²) in [5.74, 6) is -3.16. The van der Waals surface area contributed by atoms with Gasteiger partial charge in [0, 0.05) is 32.7 Å². The summed E-state index contributed by atoms with van der Waals surface area (Å²) >= 11 is 0. The number of benzene rings is 1. The molecule has 1 aromatic rings. The Balaban J connectivity index is 2.08. The molecule has 1 saturated heterocycles. The highest BCUT2D eigenvalue weighted by atomic mass is 32.2. The Morgan fingerprint density at radius 1 is 1.14 bits per heavy atom. The van der Waals surface area contributed by atoms with Gasteiger partial charge in [-0.05, 0) is 12.1 Å². The quantitative estimate of drug-likeness (QED) is 0.860. The smallest absolute Gasteiger partial charge is 0.304 e. The Morgan fingerprint density at radius 3 is 2.18 bits per heavy atom. The third-order valence-corrected chi connectivity index (χ3v) is 5.44. The Labute approximate surface area is 127 Å². The molecule has 1 aromatic carbocycles. The third kappa shape index (κ3) is 3.60. The predicted molar refractivity (Wildman–Crippen MR) is 73.8 cm³/mol. The molecule has 1 aliphatic rings. The summed E-state index contributed by atoms with van der Waals surface area (Å²) in [5, 5.41) is 8.62. The maximum Gasteiger partial charge on any atom is 0.304 e. The molecule has 0 aliphatic carbocycles. The SMILES string of the molecule is O=C(O)CCN1CCN(S(=O)(=O)c2c(F)cccc2F)CC1. The second-order valence-electron chi connectivity index (χ2n) is 4.94. The molecule has 0 radical (unpaired) electrons. The number of carbonyl (C=O) groups is 1. The molecule has 0 bridgehead atoms. The van der Waals surface area contributed by atoms with E-state index in [1.807, 2.05) is 0 Å². The number of aliphatic carboxylic acids is 1. The summed E-state index contributed by atoms with van der Waals surface area (Å²) in [6.45, 7) is 1.09.